The van der Waals surface area contributed by atoms with E-state index in [4.69, 9.17) is 4.74 Å². The molecule has 2 aromatic carbocycles. The zero-order valence-corrected chi connectivity index (χ0v) is 17.8. The number of rotatable bonds is 8. The summed E-state index contributed by atoms with van der Waals surface area (Å²) in [5.41, 5.74) is 4.45. The number of nitrogens with one attached hydrogen (secondary N) is 1. The summed E-state index contributed by atoms with van der Waals surface area (Å²) in [6, 6.07) is 12.1. The van der Waals surface area contributed by atoms with Crippen molar-refractivity contribution in [1.29, 1.82) is 0 Å². The zero-order valence-electron chi connectivity index (χ0n) is 17.0. The molecule has 6 heteroatoms. The van der Waals surface area contributed by atoms with Crippen molar-refractivity contribution in [3.8, 4) is 5.75 Å². The fraction of sp³-hybridized carbons (Fsp3) is 0.455. The van der Waals surface area contributed by atoms with Crippen molar-refractivity contribution >= 4 is 15.7 Å². The summed E-state index contributed by atoms with van der Waals surface area (Å²) in [6.45, 7) is 6.52. The summed E-state index contributed by atoms with van der Waals surface area (Å²) in [5, 5.41) is 0. The first-order chi connectivity index (χ1) is 13.4. The molecule has 1 fully saturated rings. The van der Waals surface area contributed by atoms with E-state index in [2.05, 4.69) is 33.9 Å². The Morgan fingerprint density at radius 2 is 1.68 bits per heavy atom. The van der Waals surface area contributed by atoms with Gasteiger partial charge in [-0.05, 0) is 80.5 Å². The Morgan fingerprint density at radius 3 is 2.32 bits per heavy atom. The third-order valence-electron chi connectivity index (χ3n) is 5.41. The second-order valence-electron chi connectivity index (χ2n) is 7.45. The molecule has 0 radical (unpaired) electrons. The molecule has 0 bridgehead atoms. The van der Waals surface area contributed by atoms with Crippen molar-refractivity contribution in [2.24, 2.45) is 0 Å². The van der Waals surface area contributed by atoms with Gasteiger partial charge in [-0.2, -0.15) is 0 Å². The molecule has 1 heterocycles. The molecule has 28 heavy (non-hydrogen) atoms. The topological polar surface area (TPSA) is 58.6 Å². The predicted molar refractivity (Wildman–Crippen MR) is 114 cm³/mol. The normalized spacial score (nSPS) is 14.5. The van der Waals surface area contributed by atoms with Crippen LogP contribution in [0.4, 0.5) is 5.69 Å². The van der Waals surface area contributed by atoms with Gasteiger partial charge < -0.3 is 9.64 Å². The van der Waals surface area contributed by atoms with Gasteiger partial charge in [-0.1, -0.05) is 12.1 Å². The Labute approximate surface area is 168 Å². The summed E-state index contributed by atoms with van der Waals surface area (Å²) in [5.74, 6) is 0.383. The van der Waals surface area contributed by atoms with Crippen molar-refractivity contribution in [1.82, 2.24) is 4.72 Å². The number of hydrogen-bond acceptors (Lipinski definition) is 4. The molecular formula is C22H30N2O3S. The minimum Gasteiger partial charge on any atom is -0.495 e. The van der Waals surface area contributed by atoms with Gasteiger partial charge in [0.05, 0.1) is 7.11 Å². The first-order valence-electron chi connectivity index (χ1n) is 9.89. The molecule has 0 saturated carbocycles. The second kappa shape index (κ2) is 8.97. The Morgan fingerprint density at radius 1 is 1.04 bits per heavy atom. The number of nitrogens with zero attached hydrogens (tertiary/aromatic N) is 1. The van der Waals surface area contributed by atoms with E-state index in [0.29, 0.717) is 12.3 Å². The molecule has 0 spiro atoms. The minimum absolute atomic E-state index is 0.202. The van der Waals surface area contributed by atoms with Gasteiger partial charge in [-0.3, -0.25) is 0 Å². The van der Waals surface area contributed by atoms with Gasteiger partial charge in [-0.15, -0.1) is 0 Å². The van der Waals surface area contributed by atoms with Gasteiger partial charge in [0.15, 0.2) is 0 Å². The fourth-order valence-corrected chi connectivity index (χ4v) is 4.87. The summed E-state index contributed by atoms with van der Waals surface area (Å²) in [4.78, 5) is 2.61. The van der Waals surface area contributed by atoms with Crippen LogP contribution in [-0.2, 0) is 16.4 Å². The van der Waals surface area contributed by atoms with E-state index in [1.807, 2.05) is 13.8 Å². The van der Waals surface area contributed by atoms with Gasteiger partial charge in [0, 0.05) is 25.3 Å². The highest BCUT2D eigenvalue weighted by Gasteiger charge is 2.20. The summed E-state index contributed by atoms with van der Waals surface area (Å²) in [7, 11) is -2.10. The highest BCUT2D eigenvalue weighted by atomic mass is 32.2. The van der Waals surface area contributed by atoms with E-state index >= 15 is 0 Å². The Hall–Kier alpha value is -2.05. The maximum Gasteiger partial charge on any atom is 0.244 e. The summed E-state index contributed by atoms with van der Waals surface area (Å²) in [6.07, 6.45) is 4.13. The van der Waals surface area contributed by atoms with Gasteiger partial charge in [0.1, 0.15) is 10.6 Å². The van der Waals surface area contributed by atoms with Crippen LogP contribution in [0.15, 0.2) is 41.3 Å². The molecule has 1 N–H and O–H groups in total. The smallest absolute Gasteiger partial charge is 0.244 e. The molecule has 0 aliphatic carbocycles. The molecule has 3 rings (SSSR count). The van der Waals surface area contributed by atoms with E-state index in [9.17, 15) is 8.42 Å². The van der Waals surface area contributed by atoms with Crippen molar-refractivity contribution in [3.63, 3.8) is 0 Å². The van der Waals surface area contributed by atoms with Crippen LogP contribution in [0, 0.1) is 13.8 Å². The lowest BCUT2D eigenvalue weighted by atomic mass is 10.1. The number of ether oxygens (including phenoxy) is 1. The number of anilines is 1. The largest absolute Gasteiger partial charge is 0.495 e. The maximum absolute atomic E-state index is 12.7. The third kappa shape index (κ3) is 4.86. The Balaban J connectivity index is 1.55. The molecule has 2 aromatic rings. The van der Waals surface area contributed by atoms with Crippen LogP contribution < -0.4 is 14.4 Å². The molecule has 1 aliphatic heterocycles. The molecule has 0 aromatic heterocycles. The Kier molecular flexibility index (Phi) is 6.62. The number of methoxy groups -OCH3 is 1. The molecule has 0 unspecified atom stereocenters. The van der Waals surface area contributed by atoms with E-state index in [1.54, 1.807) is 12.1 Å². The molecule has 5 nitrogen and oxygen atoms in total. The molecule has 152 valence electrons. The highest BCUT2D eigenvalue weighted by Crippen LogP contribution is 2.27. The fourth-order valence-electron chi connectivity index (χ4n) is 3.56. The van der Waals surface area contributed by atoms with Crippen molar-refractivity contribution in [3.05, 3.63) is 53.1 Å². The van der Waals surface area contributed by atoms with E-state index in [-0.39, 0.29) is 4.90 Å². The molecule has 1 saturated heterocycles. The van der Waals surface area contributed by atoms with Crippen LogP contribution in [-0.4, -0.2) is 35.2 Å². The van der Waals surface area contributed by atoms with Gasteiger partial charge >= 0.3 is 0 Å². The lowest BCUT2D eigenvalue weighted by Gasteiger charge is -2.17. The SMILES string of the molecule is COc1cc(C)c(C)cc1S(=O)(=O)NCCCc1ccc(N2CCCC2)cc1. The molecule has 1 aliphatic rings. The van der Waals surface area contributed by atoms with Crippen molar-refractivity contribution in [2.45, 2.75) is 44.4 Å². The van der Waals surface area contributed by atoms with Crippen LogP contribution in [0.3, 0.4) is 0 Å². The van der Waals surface area contributed by atoms with Gasteiger partial charge in [0.25, 0.3) is 0 Å². The van der Waals surface area contributed by atoms with Crippen LogP contribution in [0.25, 0.3) is 0 Å². The Bertz CT molecular complexity index is 902. The second-order valence-corrected chi connectivity index (χ2v) is 9.18. The number of benzene rings is 2. The van der Waals surface area contributed by atoms with Gasteiger partial charge in [-0.25, -0.2) is 13.1 Å². The summed E-state index contributed by atoms with van der Waals surface area (Å²) >= 11 is 0. The summed E-state index contributed by atoms with van der Waals surface area (Å²) < 4.78 is 33.3. The molecular weight excluding hydrogens is 372 g/mol. The zero-order chi connectivity index (χ0) is 20.1. The van der Waals surface area contributed by atoms with Crippen LogP contribution in [0.1, 0.15) is 36.0 Å². The average Bonchev–Trinajstić information content (AvgIpc) is 3.22. The van der Waals surface area contributed by atoms with Crippen molar-refractivity contribution in [2.75, 3.05) is 31.6 Å². The number of sulfonamides is 1. The molecule has 0 atom stereocenters. The number of hydrogen-bond donors (Lipinski definition) is 1. The third-order valence-corrected chi connectivity index (χ3v) is 6.89. The molecule has 0 amide bonds. The monoisotopic (exact) mass is 402 g/mol. The van der Waals surface area contributed by atoms with Crippen LogP contribution >= 0.6 is 0 Å². The lowest BCUT2D eigenvalue weighted by Crippen LogP contribution is -2.25. The first-order valence-corrected chi connectivity index (χ1v) is 11.4. The quantitative estimate of drug-likeness (QED) is 0.682. The standard InChI is InChI=1S/C22H30N2O3S/c1-17-15-21(27-3)22(16-18(17)2)28(25,26)23-12-6-7-19-8-10-20(11-9-19)24-13-4-5-14-24/h8-11,15-16,23H,4-7,12-14H2,1-3H3. The van der Waals surface area contributed by atoms with E-state index in [1.165, 1.54) is 31.2 Å². The van der Waals surface area contributed by atoms with Crippen LogP contribution in [0.2, 0.25) is 0 Å². The van der Waals surface area contributed by atoms with Crippen molar-refractivity contribution < 1.29 is 13.2 Å². The lowest BCUT2D eigenvalue weighted by molar-refractivity contribution is 0.401. The average molecular weight is 403 g/mol. The van der Waals surface area contributed by atoms with E-state index < -0.39 is 10.0 Å². The van der Waals surface area contributed by atoms with Crippen LogP contribution in [0.5, 0.6) is 5.75 Å². The highest BCUT2D eigenvalue weighted by molar-refractivity contribution is 7.89. The first kappa shape index (κ1) is 20.7. The number of aryl methyl sites for hydroxylation is 3. The predicted octanol–water partition coefficient (Wildman–Crippen LogP) is 3.82. The minimum atomic E-state index is -3.60. The van der Waals surface area contributed by atoms with E-state index in [0.717, 1.165) is 37.1 Å². The maximum atomic E-state index is 12.7. The van der Waals surface area contributed by atoms with Gasteiger partial charge in [0.2, 0.25) is 10.0 Å².